The Labute approximate surface area is 103 Å². The molecule has 96 valence electrons. The van der Waals surface area contributed by atoms with Crippen molar-refractivity contribution in [2.24, 2.45) is 17.4 Å². The van der Waals surface area contributed by atoms with Crippen LogP contribution in [-0.4, -0.2) is 20.7 Å². The van der Waals surface area contributed by atoms with Crippen molar-refractivity contribution in [1.29, 1.82) is 0 Å². The van der Waals surface area contributed by atoms with Gasteiger partial charge >= 0.3 is 0 Å². The van der Waals surface area contributed by atoms with Crippen molar-refractivity contribution in [1.82, 2.24) is 0 Å². The second-order valence-electron chi connectivity index (χ2n) is 4.21. The van der Waals surface area contributed by atoms with Crippen molar-refractivity contribution in [3.05, 3.63) is 29.8 Å². The fourth-order valence-corrected chi connectivity index (χ4v) is 2.42. The van der Waals surface area contributed by atoms with Crippen LogP contribution < -0.4 is 11.5 Å². The van der Waals surface area contributed by atoms with Crippen molar-refractivity contribution < 1.29 is 8.42 Å². The zero-order valence-corrected chi connectivity index (χ0v) is 11.1. The van der Waals surface area contributed by atoms with E-state index in [9.17, 15) is 8.42 Å². The number of hydrogen-bond acceptors (Lipinski definition) is 4. The fraction of sp³-hybridized carbons (Fsp3) is 0.500. The lowest BCUT2D eigenvalue weighted by Gasteiger charge is -2.18. The molecule has 0 heterocycles. The Morgan fingerprint density at radius 2 is 1.76 bits per heavy atom. The average Bonchev–Trinajstić information content (AvgIpc) is 2.37. The number of rotatable bonds is 5. The minimum atomic E-state index is -3.13. The molecule has 0 aliphatic heterocycles. The molecule has 0 aliphatic rings. The van der Waals surface area contributed by atoms with Crippen LogP contribution in [-0.2, 0) is 9.84 Å². The topological polar surface area (TPSA) is 86.2 Å². The van der Waals surface area contributed by atoms with Crippen LogP contribution in [0.4, 0.5) is 0 Å². The molecular weight excluding hydrogens is 236 g/mol. The normalized spacial score (nSPS) is 15.5. The fourth-order valence-electron chi connectivity index (χ4n) is 1.54. The van der Waals surface area contributed by atoms with E-state index in [1.54, 1.807) is 31.2 Å². The maximum atomic E-state index is 11.6. The molecule has 0 spiro atoms. The molecule has 0 radical (unpaired) electrons. The largest absolute Gasteiger partial charge is 0.330 e. The highest BCUT2D eigenvalue weighted by Crippen LogP contribution is 2.20. The molecule has 0 aliphatic carbocycles. The molecule has 4 nitrogen and oxygen atoms in total. The van der Waals surface area contributed by atoms with Gasteiger partial charge in [0.1, 0.15) is 0 Å². The van der Waals surface area contributed by atoms with Gasteiger partial charge in [-0.25, -0.2) is 8.42 Å². The quantitative estimate of drug-likeness (QED) is 0.825. The molecule has 4 N–H and O–H groups in total. The summed E-state index contributed by atoms with van der Waals surface area (Å²) in [6.07, 6.45) is 0. The number of sulfone groups is 1. The Morgan fingerprint density at radius 1 is 1.24 bits per heavy atom. The molecule has 0 fully saturated rings. The minimum absolute atomic E-state index is 0.109. The predicted molar refractivity (Wildman–Crippen MR) is 69.3 cm³/mol. The van der Waals surface area contributed by atoms with Crippen molar-refractivity contribution in [3.63, 3.8) is 0 Å². The SMILES string of the molecule is CCS(=O)(=O)c1ccc(C(N)C(C)CN)cc1. The average molecular weight is 256 g/mol. The molecule has 2 unspecified atom stereocenters. The Kier molecular flexibility index (Phi) is 4.68. The van der Waals surface area contributed by atoms with Gasteiger partial charge in [0.05, 0.1) is 10.6 Å². The zero-order chi connectivity index (χ0) is 13.1. The second-order valence-corrected chi connectivity index (χ2v) is 6.49. The molecule has 0 amide bonds. The first kappa shape index (κ1) is 14.2. The zero-order valence-electron chi connectivity index (χ0n) is 10.3. The first-order chi connectivity index (χ1) is 7.92. The van der Waals surface area contributed by atoms with Crippen LogP contribution in [0.15, 0.2) is 29.2 Å². The summed E-state index contributed by atoms with van der Waals surface area (Å²) in [6.45, 7) is 4.11. The Bertz CT molecular complexity index is 454. The van der Waals surface area contributed by atoms with Crippen LogP contribution >= 0.6 is 0 Å². The van der Waals surface area contributed by atoms with Gasteiger partial charge in [0.15, 0.2) is 9.84 Å². The highest BCUT2D eigenvalue weighted by atomic mass is 32.2. The highest BCUT2D eigenvalue weighted by molar-refractivity contribution is 7.91. The summed E-state index contributed by atoms with van der Waals surface area (Å²) in [5.74, 6) is 0.279. The standard InChI is InChI=1S/C12H20N2O2S/c1-3-17(15,16)11-6-4-10(5-7-11)12(14)9(2)8-13/h4-7,9,12H,3,8,13-14H2,1-2H3. The molecular formula is C12H20N2O2S. The van der Waals surface area contributed by atoms with E-state index in [0.29, 0.717) is 11.4 Å². The lowest BCUT2D eigenvalue weighted by molar-refractivity contribution is 0.481. The van der Waals surface area contributed by atoms with Gasteiger partial charge in [-0.15, -0.1) is 0 Å². The predicted octanol–water partition coefficient (Wildman–Crippen LogP) is 1.07. The summed E-state index contributed by atoms with van der Waals surface area (Å²) >= 11 is 0. The van der Waals surface area contributed by atoms with Crippen LogP contribution in [0.1, 0.15) is 25.5 Å². The van der Waals surface area contributed by atoms with Crippen LogP contribution in [0.2, 0.25) is 0 Å². The summed E-state index contributed by atoms with van der Waals surface area (Å²) < 4.78 is 23.2. The minimum Gasteiger partial charge on any atom is -0.330 e. The summed E-state index contributed by atoms with van der Waals surface area (Å²) in [6, 6.07) is 6.59. The molecule has 0 saturated carbocycles. The van der Waals surface area contributed by atoms with Crippen molar-refractivity contribution in [2.45, 2.75) is 24.8 Å². The molecule has 1 rings (SSSR count). The maximum absolute atomic E-state index is 11.6. The van der Waals surface area contributed by atoms with E-state index in [-0.39, 0.29) is 17.7 Å². The monoisotopic (exact) mass is 256 g/mol. The van der Waals surface area contributed by atoms with Gasteiger partial charge in [0, 0.05) is 6.04 Å². The molecule has 0 aromatic heterocycles. The molecule has 5 heteroatoms. The second kappa shape index (κ2) is 5.62. The molecule has 0 saturated heterocycles. The van der Waals surface area contributed by atoms with Gasteiger partial charge in [-0.1, -0.05) is 26.0 Å². The van der Waals surface area contributed by atoms with E-state index in [4.69, 9.17) is 11.5 Å². The third kappa shape index (κ3) is 3.28. The van der Waals surface area contributed by atoms with Gasteiger partial charge in [0.2, 0.25) is 0 Å². The van der Waals surface area contributed by atoms with Gasteiger partial charge in [-0.3, -0.25) is 0 Å². The first-order valence-electron chi connectivity index (χ1n) is 5.70. The van der Waals surface area contributed by atoms with Crippen LogP contribution in [0, 0.1) is 5.92 Å². The molecule has 0 bridgehead atoms. The lowest BCUT2D eigenvalue weighted by atomic mass is 9.96. The van der Waals surface area contributed by atoms with E-state index < -0.39 is 9.84 Å². The van der Waals surface area contributed by atoms with E-state index in [2.05, 4.69) is 0 Å². The van der Waals surface area contributed by atoms with Crippen LogP contribution in [0.25, 0.3) is 0 Å². The summed E-state index contributed by atoms with van der Waals surface area (Å²) in [7, 11) is -3.13. The number of hydrogen-bond donors (Lipinski definition) is 2. The third-order valence-corrected chi connectivity index (χ3v) is 4.74. The van der Waals surface area contributed by atoms with Gasteiger partial charge < -0.3 is 11.5 Å². The maximum Gasteiger partial charge on any atom is 0.178 e. The Balaban J connectivity index is 2.96. The summed E-state index contributed by atoms with van der Waals surface area (Å²) in [5.41, 5.74) is 12.5. The van der Waals surface area contributed by atoms with Crippen molar-refractivity contribution >= 4 is 9.84 Å². The van der Waals surface area contributed by atoms with Crippen molar-refractivity contribution in [3.8, 4) is 0 Å². The first-order valence-corrected chi connectivity index (χ1v) is 7.36. The Hall–Kier alpha value is -0.910. The molecule has 2 atom stereocenters. The summed E-state index contributed by atoms with van der Waals surface area (Å²) in [5, 5.41) is 0. The van der Waals surface area contributed by atoms with E-state index >= 15 is 0 Å². The molecule has 1 aromatic rings. The Morgan fingerprint density at radius 3 is 2.18 bits per heavy atom. The third-order valence-electron chi connectivity index (χ3n) is 2.99. The van der Waals surface area contributed by atoms with Crippen LogP contribution in [0.5, 0.6) is 0 Å². The van der Waals surface area contributed by atoms with Gasteiger partial charge in [-0.2, -0.15) is 0 Å². The van der Waals surface area contributed by atoms with Gasteiger partial charge in [0.25, 0.3) is 0 Å². The lowest BCUT2D eigenvalue weighted by Crippen LogP contribution is -2.25. The van der Waals surface area contributed by atoms with Gasteiger partial charge in [-0.05, 0) is 30.2 Å². The number of benzene rings is 1. The highest BCUT2D eigenvalue weighted by Gasteiger charge is 2.15. The van der Waals surface area contributed by atoms with E-state index in [0.717, 1.165) is 5.56 Å². The van der Waals surface area contributed by atoms with E-state index in [1.165, 1.54) is 0 Å². The molecule has 1 aromatic carbocycles. The molecule has 17 heavy (non-hydrogen) atoms. The van der Waals surface area contributed by atoms with E-state index in [1.807, 2.05) is 6.92 Å². The smallest absolute Gasteiger partial charge is 0.178 e. The van der Waals surface area contributed by atoms with Crippen molar-refractivity contribution in [2.75, 3.05) is 12.3 Å². The summed E-state index contributed by atoms with van der Waals surface area (Å²) in [4.78, 5) is 0.344. The number of nitrogens with two attached hydrogens (primary N) is 2. The van der Waals surface area contributed by atoms with Crippen LogP contribution in [0.3, 0.4) is 0 Å².